The number of rotatable bonds is 6. The maximum absolute atomic E-state index is 12.9. The van der Waals surface area contributed by atoms with Gasteiger partial charge in [0.1, 0.15) is 11.1 Å². The Balaban J connectivity index is 1.50. The number of aromatic nitrogens is 1. The van der Waals surface area contributed by atoms with Crippen LogP contribution in [0.3, 0.4) is 0 Å². The van der Waals surface area contributed by atoms with Gasteiger partial charge < -0.3 is 10.2 Å². The molecule has 4 rings (SSSR count). The normalized spacial score (nSPS) is 15.7. The lowest BCUT2D eigenvalue weighted by atomic mass is 10.1. The van der Waals surface area contributed by atoms with E-state index in [1.54, 1.807) is 6.07 Å². The monoisotopic (exact) mass is 420 g/mol. The summed E-state index contributed by atoms with van der Waals surface area (Å²) in [6.07, 6.45) is 6.12. The summed E-state index contributed by atoms with van der Waals surface area (Å²) < 4.78 is 0. The van der Waals surface area contributed by atoms with Crippen molar-refractivity contribution in [1.29, 1.82) is 5.26 Å². The van der Waals surface area contributed by atoms with Crippen molar-refractivity contribution in [2.24, 2.45) is 0 Å². The van der Waals surface area contributed by atoms with E-state index >= 15 is 0 Å². The molecule has 6 nitrogen and oxygen atoms in total. The van der Waals surface area contributed by atoms with Crippen LogP contribution in [0.15, 0.2) is 35.4 Å². The van der Waals surface area contributed by atoms with Crippen LogP contribution in [0.4, 0.5) is 0 Å². The lowest BCUT2D eigenvalue weighted by Gasteiger charge is -2.16. The minimum atomic E-state index is -0.289. The van der Waals surface area contributed by atoms with E-state index in [0.29, 0.717) is 34.2 Å². The third-order valence-electron chi connectivity index (χ3n) is 5.57. The maximum Gasteiger partial charge on any atom is 0.253 e. The van der Waals surface area contributed by atoms with Crippen molar-refractivity contribution in [3.63, 3.8) is 0 Å². The summed E-state index contributed by atoms with van der Waals surface area (Å²) in [5.41, 5.74) is 3.09. The van der Waals surface area contributed by atoms with Gasteiger partial charge in [-0.05, 0) is 55.7 Å². The molecule has 1 aliphatic heterocycles. The van der Waals surface area contributed by atoms with Gasteiger partial charge >= 0.3 is 0 Å². The molecule has 1 saturated carbocycles. The highest BCUT2D eigenvalue weighted by Crippen LogP contribution is 2.40. The Bertz CT molecular complexity index is 1020. The van der Waals surface area contributed by atoms with Gasteiger partial charge in [-0.2, -0.15) is 5.26 Å². The number of benzene rings is 1. The van der Waals surface area contributed by atoms with Gasteiger partial charge in [-0.25, -0.2) is 4.98 Å². The molecular weight excluding hydrogens is 396 g/mol. The summed E-state index contributed by atoms with van der Waals surface area (Å²) in [6.45, 7) is 1.90. The lowest BCUT2D eigenvalue weighted by molar-refractivity contribution is 0.0792. The van der Waals surface area contributed by atoms with Crippen LogP contribution >= 0.6 is 11.8 Å². The maximum atomic E-state index is 12.9. The number of amides is 2. The van der Waals surface area contributed by atoms with Crippen molar-refractivity contribution in [3.8, 4) is 6.07 Å². The van der Waals surface area contributed by atoms with Gasteiger partial charge in [0.25, 0.3) is 11.8 Å². The first-order valence-electron chi connectivity index (χ1n) is 10.3. The molecule has 1 aliphatic carbocycles. The van der Waals surface area contributed by atoms with Gasteiger partial charge in [-0.1, -0.05) is 12.1 Å². The van der Waals surface area contributed by atoms with Gasteiger partial charge in [0, 0.05) is 36.8 Å². The number of nitrogens with one attached hydrogen (secondary N) is 1. The second kappa shape index (κ2) is 8.88. The van der Waals surface area contributed by atoms with E-state index < -0.39 is 0 Å². The average molecular weight is 421 g/mol. The van der Waals surface area contributed by atoms with Gasteiger partial charge in [-0.15, -0.1) is 11.8 Å². The van der Waals surface area contributed by atoms with Crippen LogP contribution in [0.5, 0.6) is 0 Å². The first-order chi connectivity index (χ1) is 14.6. The van der Waals surface area contributed by atoms with Crippen LogP contribution in [-0.4, -0.2) is 41.0 Å². The highest BCUT2D eigenvalue weighted by molar-refractivity contribution is 7.98. The number of hydrogen-bond donors (Lipinski definition) is 1. The fourth-order valence-corrected chi connectivity index (χ4v) is 4.31. The zero-order valence-corrected chi connectivity index (χ0v) is 17.8. The largest absolute Gasteiger partial charge is 0.348 e. The number of thioether (sulfide) groups is 1. The molecule has 0 unspecified atom stereocenters. The number of hydrogen-bond acceptors (Lipinski definition) is 5. The molecule has 2 aliphatic rings. The van der Waals surface area contributed by atoms with Crippen molar-refractivity contribution in [2.45, 2.75) is 43.2 Å². The smallest absolute Gasteiger partial charge is 0.253 e. The molecule has 0 bridgehead atoms. The Morgan fingerprint density at radius 1 is 1.27 bits per heavy atom. The van der Waals surface area contributed by atoms with Crippen LogP contribution in [0.1, 0.15) is 69.1 Å². The topological polar surface area (TPSA) is 86.1 Å². The van der Waals surface area contributed by atoms with E-state index in [0.717, 1.165) is 50.0 Å². The molecule has 154 valence electrons. The Morgan fingerprint density at radius 2 is 2.03 bits per heavy atom. The Labute approximate surface area is 180 Å². The van der Waals surface area contributed by atoms with E-state index in [9.17, 15) is 14.9 Å². The molecule has 0 spiro atoms. The summed E-state index contributed by atoms with van der Waals surface area (Å²) in [5, 5.41) is 13.1. The fraction of sp³-hybridized carbons (Fsp3) is 0.391. The zero-order chi connectivity index (χ0) is 21.1. The second-order valence-electron chi connectivity index (χ2n) is 7.75. The number of carbonyl (C=O) groups excluding carboxylic acids is 2. The summed E-state index contributed by atoms with van der Waals surface area (Å²) in [6, 6.07) is 11.3. The minimum Gasteiger partial charge on any atom is -0.348 e. The second-order valence-corrected chi connectivity index (χ2v) is 8.54. The molecule has 7 heteroatoms. The Kier molecular flexibility index (Phi) is 6.05. The van der Waals surface area contributed by atoms with Crippen molar-refractivity contribution in [3.05, 3.63) is 58.3 Å². The van der Waals surface area contributed by atoms with Crippen LogP contribution in [0.2, 0.25) is 0 Å². The molecule has 2 aromatic rings. The SMILES string of the molecule is CSc1nc(C2CC2)cc(C(=O)NCc2cccc(C(=O)N3CCCC3)c2)c1C#N. The standard InChI is InChI=1S/C23H24N4O2S/c1-30-22-19(13-24)18(12-20(26-22)16-7-8-16)21(28)25-14-15-5-4-6-17(11-15)23(29)27-9-2-3-10-27/h4-6,11-12,16H,2-3,7-10,14H2,1H3,(H,25,28). The van der Waals surface area contributed by atoms with E-state index in [2.05, 4.69) is 16.4 Å². The summed E-state index contributed by atoms with van der Waals surface area (Å²) >= 11 is 1.39. The lowest BCUT2D eigenvalue weighted by Crippen LogP contribution is -2.28. The van der Waals surface area contributed by atoms with Crippen molar-refractivity contribution in [2.75, 3.05) is 19.3 Å². The van der Waals surface area contributed by atoms with Gasteiger partial charge in [-0.3, -0.25) is 9.59 Å². The fourth-order valence-electron chi connectivity index (χ4n) is 3.76. The molecule has 0 atom stereocenters. The Morgan fingerprint density at radius 3 is 2.70 bits per heavy atom. The van der Waals surface area contributed by atoms with Crippen molar-refractivity contribution < 1.29 is 9.59 Å². The van der Waals surface area contributed by atoms with Crippen molar-refractivity contribution >= 4 is 23.6 Å². The molecule has 1 saturated heterocycles. The molecule has 1 aromatic heterocycles. The Hall–Kier alpha value is -2.85. The number of nitrogens with zero attached hydrogens (tertiary/aromatic N) is 3. The molecule has 1 N–H and O–H groups in total. The summed E-state index contributed by atoms with van der Waals surface area (Å²) in [4.78, 5) is 32.0. The molecule has 2 heterocycles. The number of carbonyl (C=O) groups is 2. The number of pyridine rings is 1. The first-order valence-corrected chi connectivity index (χ1v) is 11.5. The van der Waals surface area contributed by atoms with Crippen LogP contribution in [0, 0.1) is 11.3 Å². The number of nitriles is 1. The zero-order valence-electron chi connectivity index (χ0n) is 17.0. The summed E-state index contributed by atoms with van der Waals surface area (Å²) in [5.74, 6) is 0.145. The molecule has 1 aromatic carbocycles. The van der Waals surface area contributed by atoms with Gasteiger partial charge in [0.15, 0.2) is 0 Å². The third kappa shape index (κ3) is 4.34. The summed E-state index contributed by atoms with van der Waals surface area (Å²) in [7, 11) is 0. The van der Waals surface area contributed by atoms with Gasteiger partial charge in [0.05, 0.1) is 11.1 Å². The molecule has 2 fully saturated rings. The molecule has 2 amide bonds. The van der Waals surface area contributed by atoms with E-state index in [-0.39, 0.29) is 11.8 Å². The van der Waals surface area contributed by atoms with E-state index in [1.165, 1.54) is 11.8 Å². The van der Waals surface area contributed by atoms with E-state index in [4.69, 9.17) is 0 Å². The van der Waals surface area contributed by atoms with Crippen LogP contribution in [0.25, 0.3) is 0 Å². The molecular formula is C23H24N4O2S. The van der Waals surface area contributed by atoms with Crippen LogP contribution in [-0.2, 0) is 6.54 Å². The minimum absolute atomic E-state index is 0.0419. The quantitative estimate of drug-likeness (QED) is 0.720. The number of likely N-dealkylation sites (tertiary alicyclic amines) is 1. The average Bonchev–Trinajstić information content (AvgIpc) is 3.49. The van der Waals surface area contributed by atoms with E-state index in [1.807, 2.05) is 35.4 Å². The van der Waals surface area contributed by atoms with Crippen LogP contribution < -0.4 is 5.32 Å². The molecule has 0 radical (unpaired) electrons. The van der Waals surface area contributed by atoms with Gasteiger partial charge in [0.2, 0.25) is 0 Å². The van der Waals surface area contributed by atoms with Crippen molar-refractivity contribution in [1.82, 2.24) is 15.2 Å². The predicted octanol–water partition coefficient (Wildman–Crippen LogP) is 3.72. The highest BCUT2D eigenvalue weighted by atomic mass is 32.2. The first kappa shape index (κ1) is 20.4. The molecule has 30 heavy (non-hydrogen) atoms. The third-order valence-corrected chi connectivity index (χ3v) is 6.25. The highest BCUT2D eigenvalue weighted by Gasteiger charge is 2.28. The predicted molar refractivity (Wildman–Crippen MR) is 115 cm³/mol.